The van der Waals surface area contributed by atoms with Gasteiger partial charge in [-0.15, -0.1) is 0 Å². The van der Waals surface area contributed by atoms with Crippen LogP contribution in [0, 0.1) is 5.92 Å². The van der Waals surface area contributed by atoms with Crippen LogP contribution in [0.5, 0.6) is 0 Å². The maximum Gasteiger partial charge on any atom is 0.264 e. The number of anilines is 1. The Bertz CT molecular complexity index is 1370. The smallest absolute Gasteiger partial charge is 0.264 e. The Morgan fingerprint density at radius 3 is 2.18 bits per heavy atom. The second-order valence-corrected chi connectivity index (χ2v) is 11.9. The van der Waals surface area contributed by atoms with Gasteiger partial charge in [-0.05, 0) is 54.8 Å². The van der Waals surface area contributed by atoms with E-state index in [2.05, 4.69) is 5.32 Å². The first-order valence-electron chi connectivity index (χ1n) is 12.1. The molecule has 3 aromatic carbocycles. The molecule has 0 saturated heterocycles. The molecule has 1 N–H and O–H groups in total. The molecular weight excluding hydrogens is 545 g/mol. The first kappa shape index (κ1) is 29.5. The van der Waals surface area contributed by atoms with E-state index >= 15 is 0 Å². The van der Waals surface area contributed by atoms with Crippen molar-refractivity contribution in [2.75, 3.05) is 17.4 Å². The van der Waals surface area contributed by atoms with E-state index in [0.717, 1.165) is 4.31 Å². The average molecular weight is 577 g/mol. The minimum absolute atomic E-state index is 0.0174. The molecule has 10 heteroatoms. The predicted octanol–water partition coefficient (Wildman–Crippen LogP) is 5.38. The highest BCUT2D eigenvalue weighted by Gasteiger charge is 2.32. The monoisotopic (exact) mass is 575 g/mol. The molecule has 3 rings (SSSR count). The first-order valence-corrected chi connectivity index (χ1v) is 14.3. The van der Waals surface area contributed by atoms with Gasteiger partial charge in [0.2, 0.25) is 11.8 Å². The number of carbonyl (C=O) groups excluding carboxylic acids is 2. The lowest BCUT2D eigenvalue weighted by atomic mass is 10.1. The molecule has 0 aliphatic rings. The van der Waals surface area contributed by atoms with Crippen molar-refractivity contribution in [2.24, 2.45) is 5.92 Å². The quantitative estimate of drug-likeness (QED) is 0.332. The number of rotatable bonds is 11. The van der Waals surface area contributed by atoms with Gasteiger partial charge in [0, 0.05) is 23.1 Å². The molecule has 0 aromatic heterocycles. The maximum atomic E-state index is 13.9. The lowest BCUT2D eigenvalue weighted by molar-refractivity contribution is -0.139. The van der Waals surface area contributed by atoms with Crippen molar-refractivity contribution >= 4 is 50.7 Å². The molecule has 1 unspecified atom stereocenters. The number of benzene rings is 3. The zero-order valence-electron chi connectivity index (χ0n) is 21.5. The lowest BCUT2D eigenvalue weighted by Crippen LogP contribution is -2.51. The third-order valence-electron chi connectivity index (χ3n) is 5.86. The van der Waals surface area contributed by atoms with Crippen LogP contribution in [0.2, 0.25) is 10.0 Å². The van der Waals surface area contributed by atoms with Crippen LogP contribution in [0.15, 0.2) is 83.8 Å². The SMILES string of the molecule is CC(C)CNC(=O)C(C)N(Cc1ccccc1Cl)C(=O)CN(c1cccc(Cl)c1)S(=O)(=O)c1ccccc1. The summed E-state index contributed by atoms with van der Waals surface area (Å²) in [7, 11) is -4.15. The van der Waals surface area contributed by atoms with Gasteiger partial charge in [0.15, 0.2) is 0 Å². The van der Waals surface area contributed by atoms with E-state index in [1.54, 1.807) is 67.6 Å². The summed E-state index contributed by atoms with van der Waals surface area (Å²) < 4.78 is 28.4. The van der Waals surface area contributed by atoms with E-state index in [1.165, 1.54) is 23.1 Å². The van der Waals surface area contributed by atoms with Gasteiger partial charge >= 0.3 is 0 Å². The van der Waals surface area contributed by atoms with Gasteiger partial charge in [-0.1, -0.05) is 79.5 Å². The highest BCUT2D eigenvalue weighted by molar-refractivity contribution is 7.92. The minimum Gasteiger partial charge on any atom is -0.354 e. The Hall–Kier alpha value is -3.07. The molecule has 0 bridgehead atoms. The van der Waals surface area contributed by atoms with Gasteiger partial charge in [-0.25, -0.2) is 8.42 Å². The van der Waals surface area contributed by atoms with Crippen LogP contribution in [-0.2, 0) is 26.2 Å². The van der Waals surface area contributed by atoms with Crippen LogP contribution in [0.4, 0.5) is 5.69 Å². The zero-order valence-corrected chi connectivity index (χ0v) is 23.8. The molecule has 7 nitrogen and oxygen atoms in total. The van der Waals surface area contributed by atoms with Crippen molar-refractivity contribution in [1.82, 2.24) is 10.2 Å². The second kappa shape index (κ2) is 13.1. The number of sulfonamides is 1. The zero-order chi connectivity index (χ0) is 27.9. The molecule has 3 aromatic rings. The average Bonchev–Trinajstić information content (AvgIpc) is 2.89. The van der Waals surface area contributed by atoms with Crippen LogP contribution in [0.1, 0.15) is 26.3 Å². The van der Waals surface area contributed by atoms with Gasteiger partial charge in [0.25, 0.3) is 10.0 Å². The molecule has 0 aliphatic heterocycles. The van der Waals surface area contributed by atoms with E-state index in [0.29, 0.717) is 22.2 Å². The van der Waals surface area contributed by atoms with Crippen molar-refractivity contribution in [3.8, 4) is 0 Å². The molecule has 38 heavy (non-hydrogen) atoms. The summed E-state index contributed by atoms with van der Waals surface area (Å²) >= 11 is 12.5. The predicted molar refractivity (Wildman–Crippen MR) is 152 cm³/mol. The Balaban J connectivity index is 2.01. The lowest BCUT2D eigenvalue weighted by Gasteiger charge is -2.32. The summed E-state index contributed by atoms with van der Waals surface area (Å²) in [5.41, 5.74) is 0.857. The molecule has 1 atom stereocenters. The number of hydrogen-bond acceptors (Lipinski definition) is 4. The number of amides is 2. The van der Waals surface area contributed by atoms with Crippen LogP contribution < -0.4 is 9.62 Å². The van der Waals surface area contributed by atoms with Gasteiger partial charge < -0.3 is 10.2 Å². The third-order valence-corrected chi connectivity index (χ3v) is 8.25. The summed E-state index contributed by atoms with van der Waals surface area (Å²) in [6, 6.07) is 20.2. The Morgan fingerprint density at radius 1 is 0.895 bits per heavy atom. The van der Waals surface area contributed by atoms with Crippen LogP contribution >= 0.6 is 23.2 Å². The molecule has 202 valence electrons. The summed E-state index contributed by atoms with van der Waals surface area (Å²) in [4.78, 5) is 28.2. The van der Waals surface area contributed by atoms with Gasteiger partial charge in [0.05, 0.1) is 10.6 Å². The highest BCUT2D eigenvalue weighted by Crippen LogP contribution is 2.27. The molecule has 2 amide bonds. The number of nitrogens with one attached hydrogen (secondary N) is 1. The van der Waals surface area contributed by atoms with E-state index < -0.39 is 28.5 Å². The summed E-state index contributed by atoms with van der Waals surface area (Å²) in [5.74, 6) is -0.705. The molecule has 0 fully saturated rings. The maximum absolute atomic E-state index is 13.9. The third kappa shape index (κ3) is 7.49. The second-order valence-electron chi connectivity index (χ2n) is 9.23. The van der Waals surface area contributed by atoms with Crippen molar-refractivity contribution in [3.05, 3.63) is 94.5 Å². The number of nitrogens with zero attached hydrogens (tertiary/aromatic N) is 2. The number of carbonyl (C=O) groups is 2. The topological polar surface area (TPSA) is 86.8 Å². The fourth-order valence-corrected chi connectivity index (χ4v) is 5.53. The van der Waals surface area contributed by atoms with E-state index in [1.807, 2.05) is 13.8 Å². The summed E-state index contributed by atoms with van der Waals surface area (Å²) in [5, 5.41) is 3.60. The van der Waals surface area contributed by atoms with Gasteiger partial charge in [0.1, 0.15) is 12.6 Å². The van der Waals surface area contributed by atoms with Crippen LogP contribution in [-0.4, -0.2) is 44.3 Å². The van der Waals surface area contributed by atoms with Gasteiger partial charge in [-0.2, -0.15) is 0 Å². The van der Waals surface area contributed by atoms with Crippen molar-refractivity contribution in [2.45, 2.75) is 38.3 Å². The molecule has 0 saturated carbocycles. The van der Waals surface area contributed by atoms with Crippen LogP contribution in [0.25, 0.3) is 0 Å². The number of halogens is 2. The van der Waals surface area contributed by atoms with Crippen molar-refractivity contribution < 1.29 is 18.0 Å². The molecule has 0 spiro atoms. The fourth-order valence-electron chi connectivity index (χ4n) is 3.72. The van der Waals surface area contributed by atoms with Crippen LogP contribution in [0.3, 0.4) is 0 Å². The Morgan fingerprint density at radius 2 is 1.55 bits per heavy atom. The van der Waals surface area contributed by atoms with E-state index in [-0.39, 0.29) is 29.0 Å². The fraction of sp³-hybridized carbons (Fsp3) is 0.286. The van der Waals surface area contributed by atoms with Crippen molar-refractivity contribution in [1.29, 1.82) is 0 Å². The van der Waals surface area contributed by atoms with E-state index in [4.69, 9.17) is 23.2 Å². The highest BCUT2D eigenvalue weighted by atomic mass is 35.5. The largest absolute Gasteiger partial charge is 0.354 e. The first-order chi connectivity index (χ1) is 18.0. The summed E-state index contributed by atoms with van der Waals surface area (Å²) in [6.07, 6.45) is 0. The Labute approximate surface area is 234 Å². The normalized spacial score (nSPS) is 12.2. The van der Waals surface area contributed by atoms with Crippen molar-refractivity contribution in [3.63, 3.8) is 0 Å². The Kier molecular flexibility index (Phi) is 10.2. The summed E-state index contributed by atoms with van der Waals surface area (Å²) in [6.45, 7) is 5.45. The minimum atomic E-state index is -4.15. The van der Waals surface area contributed by atoms with E-state index in [9.17, 15) is 18.0 Å². The molecule has 0 radical (unpaired) electrons. The molecule has 0 aliphatic carbocycles. The standard InChI is InChI=1S/C28H31Cl2N3O4S/c1-20(2)17-31-28(35)21(3)32(18-22-10-7-8-15-26(22)30)27(34)19-33(24-12-9-11-23(29)16-24)38(36,37)25-13-5-4-6-14-25/h4-16,20-21H,17-19H2,1-3H3,(H,31,35). The van der Waals surface area contributed by atoms with Gasteiger partial charge in [-0.3, -0.25) is 13.9 Å². The molecule has 0 heterocycles. The number of hydrogen-bond donors (Lipinski definition) is 1. The molecular formula is C28H31Cl2N3O4S.